The Kier molecular flexibility index (Phi) is 6.39. The minimum absolute atomic E-state index is 0. The summed E-state index contributed by atoms with van der Waals surface area (Å²) in [6.45, 7) is 4.86. The standard InChI is InChI=1S/C14H21N3O2.ClH/c1-11(15)13-5-3-7-16(10-13)9-12-4-2-6-14(8-12)17(18)19;/h2,4,6,8,11,13H,3,5,7,9-10,15H2,1H3;1H. The highest BCUT2D eigenvalue weighted by atomic mass is 35.5. The van der Waals surface area contributed by atoms with Gasteiger partial charge in [0, 0.05) is 31.3 Å². The Morgan fingerprint density at radius 2 is 2.30 bits per heavy atom. The van der Waals surface area contributed by atoms with Crippen LogP contribution in [0.1, 0.15) is 25.3 Å². The molecule has 1 aromatic carbocycles. The molecule has 1 aliphatic heterocycles. The summed E-state index contributed by atoms with van der Waals surface area (Å²) in [6.07, 6.45) is 2.34. The van der Waals surface area contributed by atoms with Crippen molar-refractivity contribution in [1.29, 1.82) is 0 Å². The van der Waals surface area contributed by atoms with Crippen molar-refractivity contribution in [2.24, 2.45) is 11.7 Å². The fraction of sp³-hybridized carbons (Fsp3) is 0.571. The third-order valence-corrected chi connectivity index (χ3v) is 3.81. The average Bonchev–Trinajstić information content (AvgIpc) is 2.39. The highest BCUT2D eigenvalue weighted by Gasteiger charge is 2.22. The summed E-state index contributed by atoms with van der Waals surface area (Å²) in [5, 5.41) is 10.8. The first-order chi connectivity index (χ1) is 9.06. The summed E-state index contributed by atoms with van der Waals surface area (Å²) in [6, 6.07) is 7.11. The van der Waals surface area contributed by atoms with Crippen LogP contribution in [0.5, 0.6) is 0 Å². The minimum Gasteiger partial charge on any atom is -0.328 e. The van der Waals surface area contributed by atoms with E-state index < -0.39 is 0 Å². The summed E-state index contributed by atoms with van der Waals surface area (Å²) in [5.74, 6) is 0.535. The predicted octanol–water partition coefficient (Wildman–Crippen LogP) is 2.58. The molecule has 1 saturated heterocycles. The first-order valence-electron chi connectivity index (χ1n) is 6.77. The second-order valence-corrected chi connectivity index (χ2v) is 5.42. The first-order valence-corrected chi connectivity index (χ1v) is 6.77. The van der Waals surface area contributed by atoms with Crippen molar-refractivity contribution >= 4 is 18.1 Å². The topological polar surface area (TPSA) is 72.4 Å². The van der Waals surface area contributed by atoms with Crippen LogP contribution < -0.4 is 5.73 Å². The van der Waals surface area contributed by atoms with Gasteiger partial charge < -0.3 is 5.73 Å². The monoisotopic (exact) mass is 299 g/mol. The number of piperidine rings is 1. The molecule has 20 heavy (non-hydrogen) atoms. The van der Waals surface area contributed by atoms with Gasteiger partial charge >= 0.3 is 0 Å². The molecule has 0 amide bonds. The van der Waals surface area contributed by atoms with E-state index in [0.29, 0.717) is 5.92 Å². The van der Waals surface area contributed by atoms with E-state index in [9.17, 15) is 10.1 Å². The smallest absolute Gasteiger partial charge is 0.269 e. The molecule has 0 saturated carbocycles. The predicted molar refractivity (Wildman–Crippen MR) is 82.0 cm³/mol. The number of nitro benzene ring substituents is 1. The summed E-state index contributed by atoms with van der Waals surface area (Å²) >= 11 is 0. The highest BCUT2D eigenvalue weighted by Crippen LogP contribution is 2.21. The fourth-order valence-electron chi connectivity index (χ4n) is 2.69. The molecule has 2 N–H and O–H groups in total. The summed E-state index contributed by atoms with van der Waals surface area (Å²) in [5.41, 5.74) is 7.14. The Balaban J connectivity index is 0.00000200. The molecule has 2 atom stereocenters. The van der Waals surface area contributed by atoms with Gasteiger partial charge in [-0.1, -0.05) is 12.1 Å². The van der Waals surface area contributed by atoms with Crippen molar-refractivity contribution in [1.82, 2.24) is 4.90 Å². The largest absolute Gasteiger partial charge is 0.328 e. The van der Waals surface area contributed by atoms with E-state index in [0.717, 1.165) is 31.6 Å². The number of hydrogen-bond acceptors (Lipinski definition) is 4. The normalized spacial score (nSPS) is 21.0. The van der Waals surface area contributed by atoms with Crippen molar-refractivity contribution < 1.29 is 4.92 Å². The molecular formula is C14H22ClN3O2. The second kappa shape index (κ2) is 7.57. The Morgan fingerprint density at radius 3 is 2.95 bits per heavy atom. The second-order valence-electron chi connectivity index (χ2n) is 5.42. The van der Waals surface area contributed by atoms with Gasteiger partial charge in [-0.15, -0.1) is 12.4 Å². The SMILES string of the molecule is CC(N)C1CCCN(Cc2cccc([N+](=O)[O-])c2)C1.Cl. The van der Waals surface area contributed by atoms with Crippen LogP contribution in [0, 0.1) is 16.0 Å². The van der Waals surface area contributed by atoms with Crippen molar-refractivity contribution in [2.75, 3.05) is 13.1 Å². The van der Waals surface area contributed by atoms with Gasteiger partial charge in [-0.05, 0) is 37.8 Å². The Bertz CT molecular complexity index is 454. The molecule has 1 fully saturated rings. The molecule has 0 spiro atoms. The summed E-state index contributed by atoms with van der Waals surface area (Å²) in [7, 11) is 0. The molecule has 1 aromatic rings. The van der Waals surface area contributed by atoms with Crippen LogP contribution in [0.25, 0.3) is 0 Å². The number of nitro groups is 1. The number of hydrogen-bond donors (Lipinski definition) is 1. The molecule has 2 unspecified atom stereocenters. The molecule has 112 valence electrons. The van der Waals surface area contributed by atoms with Crippen LogP contribution in [0.4, 0.5) is 5.69 Å². The van der Waals surface area contributed by atoms with Gasteiger partial charge in [0.25, 0.3) is 5.69 Å². The number of likely N-dealkylation sites (tertiary alicyclic amines) is 1. The van der Waals surface area contributed by atoms with E-state index >= 15 is 0 Å². The van der Waals surface area contributed by atoms with Crippen LogP contribution in [-0.4, -0.2) is 29.0 Å². The minimum atomic E-state index is -0.343. The van der Waals surface area contributed by atoms with Crippen molar-refractivity contribution in [3.05, 3.63) is 39.9 Å². The number of non-ortho nitro benzene ring substituents is 1. The number of halogens is 1. The third kappa shape index (κ3) is 4.44. The molecular weight excluding hydrogens is 278 g/mol. The van der Waals surface area contributed by atoms with E-state index in [1.54, 1.807) is 12.1 Å². The maximum atomic E-state index is 10.8. The molecule has 0 aliphatic carbocycles. The lowest BCUT2D eigenvalue weighted by molar-refractivity contribution is -0.384. The quantitative estimate of drug-likeness (QED) is 0.685. The third-order valence-electron chi connectivity index (χ3n) is 3.81. The lowest BCUT2D eigenvalue weighted by Gasteiger charge is -2.34. The maximum absolute atomic E-state index is 10.8. The Hall–Kier alpha value is -1.17. The zero-order chi connectivity index (χ0) is 13.8. The molecule has 1 aliphatic rings. The molecule has 0 radical (unpaired) electrons. The van der Waals surface area contributed by atoms with Crippen LogP contribution in [-0.2, 0) is 6.54 Å². The number of benzene rings is 1. The summed E-state index contributed by atoms with van der Waals surface area (Å²) < 4.78 is 0. The molecule has 1 heterocycles. The average molecular weight is 300 g/mol. The van der Waals surface area contributed by atoms with Crippen molar-refractivity contribution in [3.63, 3.8) is 0 Å². The lowest BCUT2D eigenvalue weighted by atomic mass is 9.92. The maximum Gasteiger partial charge on any atom is 0.269 e. The fourth-order valence-corrected chi connectivity index (χ4v) is 2.69. The van der Waals surface area contributed by atoms with Gasteiger partial charge in [0.15, 0.2) is 0 Å². The van der Waals surface area contributed by atoms with E-state index in [1.165, 1.54) is 12.5 Å². The van der Waals surface area contributed by atoms with Crippen LogP contribution in [0.2, 0.25) is 0 Å². The Morgan fingerprint density at radius 1 is 1.55 bits per heavy atom. The molecule has 5 nitrogen and oxygen atoms in total. The molecule has 0 bridgehead atoms. The Labute approximate surface area is 125 Å². The number of nitrogens with two attached hydrogens (primary N) is 1. The van der Waals surface area contributed by atoms with E-state index in [2.05, 4.69) is 11.8 Å². The van der Waals surface area contributed by atoms with Gasteiger partial charge in [-0.3, -0.25) is 15.0 Å². The van der Waals surface area contributed by atoms with Gasteiger partial charge in [0.1, 0.15) is 0 Å². The lowest BCUT2D eigenvalue weighted by Crippen LogP contribution is -2.41. The van der Waals surface area contributed by atoms with Crippen molar-refractivity contribution in [2.45, 2.75) is 32.4 Å². The number of rotatable bonds is 4. The zero-order valence-electron chi connectivity index (χ0n) is 11.7. The van der Waals surface area contributed by atoms with Crippen LogP contribution >= 0.6 is 12.4 Å². The van der Waals surface area contributed by atoms with E-state index in [1.807, 2.05) is 6.07 Å². The summed E-state index contributed by atoms with van der Waals surface area (Å²) in [4.78, 5) is 12.8. The highest BCUT2D eigenvalue weighted by molar-refractivity contribution is 5.85. The number of nitrogens with zero attached hydrogens (tertiary/aromatic N) is 2. The molecule has 6 heteroatoms. The molecule has 0 aromatic heterocycles. The molecule has 2 rings (SSSR count). The van der Waals surface area contributed by atoms with Gasteiger partial charge in [-0.2, -0.15) is 0 Å². The van der Waals surface area contributed by atoms with Crippen LogP contribution in [0.3, 0.4) is 0 Å². The zero-order valence-corrected chi connectivity index (χ0v) is 12.5. The van der Waals surface area contributed by atoms with Crippen LogP contribution in [0.15, 0.2) is 24.3 Å². The first kappa shape index (κ1) is 16.9. The van der Waals surface area contributed by atoms with Crippen molar-refractivity contribution in [3.8, 4) is 0 Å². The van der Waals surface area contributed by atoms with Gasteiger partial charge in [-0.25, -0.2) is 0 Å². The van der Waals surface area contributed by atoms with Gasteiger partial charge in [0.05, 0.1) is 4.92 Å². The van der Waals surface area contributed by atoms with E-state index in [-0.39, 0.29) is 29.1 Å². The van der Waals surface area contributed by atoms with Gasteiger partial charge in [0.2, 0.25) is 0 Å². The van der Waals surface area contributed by atoms with E-state index in [4.69, 9.17) is 5.73 Å².